The molecule has 6 heteroatoms. The Morgan fingerprint density at radius 1 is 1.32 bits per heavy atom. The Labute approximate surface area is 131 Å². The molecule has 0 radical (unpaired) electrons. The second-order valence-corrected chi connectivity index (χ2v) is 6.22. The van der Waals surface area contributed by atoms with Crippen LogP contribution in [0.3, 0.4) is 0 Å². The van der Waals surface area contributed by atoms with Crippen molar-refractivity contribution in [2.75, 3.05) is 44.3 Å². The summed E-state index contributed by atoms with van der Waals surface area (Å²) in [6, 6.07) is 0. The zero-order valence-corrected chi connectivity index (χ0v) is 13.4. The number of aromatic nitrogens is 2. The van der Waals surface area contributed by atoms with E-state index < -0.39 is 0 Å². The maximum atomic E-state index is 12.3. The van der Waals surface area contributed by atoms with Crippen LogP contribution in [0.4, 0.5) is 5.82 Å². The lowest BCUT2D eigenvalue weighted by Crippen LogP contribution is -2.49. The van der Waals surface area contributed by atoms with Gasteiger partial charge in [-0.05, 0) is 26.2 Å². The Morgan fingerprint density at radius 3 is 2.77 bits per heavy atom. The molecule has 0 N–H and O–H groups in total. The van der Waals surface area contributed by atoms with Crippen LogP contribution in [0.15, 0.2) is 6.20 Å². The van der Waals surface area contributed by atoms with Crippen molar-refractivity contribution in [3.8, 4) is 0 Å². The first-order valence-electron chi connectivity index (χ1n) is 8.04. The van der Waals surface area contributed by atoms with Crippen LogP contribution in [0.1, 0.15) is 24.2 Å². The van der Waals surface area contributed by atoms with Crippen molar-refractivity contribution in [1.82, 2.24) is 14.9 Å². The molecule has 0 aromatic carbocycles. The van der Waals surface area contributed by atoms with E-state index in [4.69, 9.17) is 4.74 Å². The Bertz CT molecular complexity index is 535. The molecule has 1 aromatic heterocycles. The number of hydrogen-bond donors (Lipinski definition) is 0. The lowest BCUT2D eigenvalue weighted by Gasteiger charge is -2.36. The number of nitrogens with zero attached hydrogens (tertiary/aromatic N) is 4. The van der Waals surface area contributed by atoms with Crippen LogP contribution in [0.25, 0.3) is 0 Å². The largest absolute Gasteiger partial charge is 0.381 e. The second kappa shape index (κ2) is 6.60. The van der Waals surface area contributed by atoms with Crippen molar-refractivity contribution in [2.45, 2.75) is 26.7 Å². The summed E-state index contributed by atoms with van der Waals surface area (Å²) in [5.74, 6) is 1.63. The fourth-order valence-electron chi connectivity index (χ4n) is 3.11. The van der Waals surface area contributed by atoms with Crippen molar-refractivity contribution in [3.63, 3.8) is 0 Å². The van der Waals surface area contributed by atoms with Crippen LogP contribution in [-0.2, 0) is 9.53 Å². The normalized spacial score (nSPS) is 22.2. The van der Waals surface area contributed by atoms with Gasteiger partial charge in [-0.1, -0.05) is 0 Å². The average Bonchev–Trinajstić information content (AvgIpc) is 3.03. The number of rotatable bonds is 3. The molecule has 2 fully saturated rings. The zero-order valence-electron chi connectivity index (χ0n) is 13.4. The Kier molecular flexibility index (Phi) is 4.57. The van der Waals surface area contributed by atoms with E-state index in [0.29, 0.717) is 12.3 Å². The van der Waals surface area contributed by atoms with Gasteiger partial charge in [-0.2, -0.15) is 0 Å². The molecule has 1 unspecified atom stereocenters. The predicted octanol–water partition coefficient (Wildman–Crippen LogP) is 1.17. The average molecular weight is 304 g/mol. The summed E-state index contributed by atoms with van der Waals surface area (Å²) in [6.07, 6.45) is 3.44. The highest BCUT2D eigenvalue weighted by atomic mass is 16.5. The number of ether oxygens (including phenoxy) is 1. The van der Waals surface area contributed by atoms with Crippen LogP contribution >= 0.6 is 0 Å². The number of carbonyl (C=O) groups excluding carboxylic acids is 1. The van der Waals surface area contributed by atoms with Gasteiger partial charge in [0, 0.05) is 52.0 Å². The van der Waals surface area contributed by atoms with E-state index in [1.54, 1.807) is 6.20 Å². The Hall–Kier alpha value is -1.69. The van der Waals surface area contributed by atoms with E-state index in [2.05, 4.69) is 14.9 Å². The first-order valence-corrected chi connectivity index (χ1v) is 8.04. The minimum absolute atomic E-state index is 0.266. The van der Waals surface area contributed by atoms with Crippen LogP contribution in [0.2, 0.25) is 0 Å². The maximum Gasteiger partial charge on any atom is 0.223 e. The standard InChI is InChI=1S/C16H24N4O2/c1-12-10-17-13(2)16(18-12)20-6-4-19(5-7-20)15(21)9-14-3-8-22-11-14/h10,14H,3-9,11H2,1-2H3. The van der Waals surface area contributed by atoms with Crippen molar-refractivity contribution < 1.29 is 9.53 Å². The predicted molar refractivity (Wildman–Crippen MR) is 83.8 cm³/mol. The minimum Gasteiger partial charge on any atom is -0.381 e. The highest BCUT2D eigenvalue weighted by Crippen LogP contribution is 2.20. The number of piperazine rings is 1. The molecule has 3 rings (SSSR count). The first-order chi connectivity index (χ1) is 10.6. The maximum absolute atomic E-state index is 12.3. The monoisotopic (exact) mass is 304 g/mol. The fourth-order valence-corrected chi connectivity index (χ4v) is 3.11. The molecule has 0 spiro atoms. The van der Waals surface area contributed by atoms with Gasteiger partial charge in [0.15, 0.2) is 0 Å². The number of anilines is 1. The molecule has 0 bridgehead atoms. The summed E-state index contributed by atoms with van der Waals surface area (Å²) in [4.78, 5) is 25.5. The second-order valence-electron chi connectivity index (χ2n) is 6.22. The van der Waals surface area contributed by atoms with Gasteiger partial charge in [-0.3, -0.25) is 9.78 Å². The van der Waals surface area contributed by atoms with Gasteiger partial charge in [0.25, 0.3) is 0 Å². The van der Waals surface area contributed by atoms with Gasteiger partial charge in [-0.15, -0.1) is 0 Å². The minimum atomic E-state index is 0.266. The number of amides is 1. The van der Waals surface area contributed by atoms with E-state index in [-0.39, 0.29) is 5.91 Å². The van der Waals surface area contributed by atoms with Crippen molar-refractivity contribution in [2.24, 2.45) is 5.92 Å². The summed E-state index contributed by atoms with van der Waals surface area (Å²) in [7, 11) is 0. The summed E-state index contributed by atoms with van der Waals surface area (Å²) < 4.78 is 5.35. The number of hydrogen-bond acceptors (Lipinski definition) is 5. The summed E-state index contributed by atoms with van der Waals surface area (Å²) in [6.45, 7) is 8.67. The molecule has 1 amide bonds. The van der Waals surface area contributed by atoms with Gasteiger partial charge >= 0.3 is 0 Å². The van der Waals surface area contributed by atoms with E-state index >= 15 is 0 Å². The molecular formula is C16H24N4O2. The van der Waals surface area contributed by atoms with Gasteiger partial charge in [0.2, 0.25) is 5.91 Å². The molecule has 3 heterocycles. The summed E-state index contributed by atoms with van der Waals surface area (Å²) in [5.41, 5.74) is 1.88. The summed E-state index contributed by atoms with van der Waals surface area (Å²) >= 11 is 0. The van der Waals surface area contributed by atoms with Gasteiger partial charge < -0.3 is 14.5 Å². The van der Waals surface area contributed by atoms with Crippen molar-refractivity contribution in [1.29, 1.82) is 0 Å². The smallest absolute Gasteiger partial charge is 0.223 e. The van der Waals surface area contributed by atoms with Crippen molar-refractivity contribution >= 4 is 11.7 Å². The fraction of sp³-hybridized carbons (Fsp3) is 0.688. The Balaban J connectivity index is 1.55. The lowest BCUT2D eigenvalue weighted by molar-refractivity contribution is -0.132. The van der Waals surface area contributed by atoms with Crippen LogP contribution in [0.5, 0.6) is 0 Å². The third kappa shape index (κ3) is 3.38. The van der Waals surface area contributed by atoms with Crippen LogP contribution in [0, 0.1) is 19.8 Å². The van der Waals surface area contributed by atoms with Crippen molar-refractivity contribution in [3.05, 3.63) is 17.6 Å². The van der Waals surface area contributed by atoms with E-state index in [9.17, 15) is 4.79 Å². The summed E-state index contributed by atoms with van der Waals surface area (Å²) in [5, 5.41) is 0. The molecule has 2 saturated heterocycles. The van der Waals surface area contributed by atoms with E-state index in [0.717, 1.165) is 63.0 Å². The molecule has 120 valence electrons. The number of aryl methyl sites for hydroxylation is 2. The molecule has 6 nitrogen and oxygen atoms in total. The molecule has 0 saturated carbocycles. The lowest BCUT2D eigenvalue weighted by atomic mass is 10.0. The van der Waals surface area contributed by atoms with Gasteiger partial charge in [0.1, 0.15) is 5.82 Å². The molecule has 1 atom stereocenters. The third-order valence-electron chi connectivity index (χ3n) is 4.47. The molecule has 0 aliphatic carbocycles. The molecule has 2 aliphatic heterocycles. The molecule has 1 aromatic rings. The molecule has 2 aliphatic rings. The number of carbonyl (C=O) groups is 1. The first kappa shape index (κ1) is 15.2. The highest BCUT2D eigenvalue weighted by molar-refractivity contribution is 5.76. The topological polar surface area (TPSA) is 58.6 Å². The quantitative estimate of drug-likeness (QED) is 0.839. The molecular weight excluding hydrogens is 280 g/mol. The third-order valence-corrected chi connectivity index (χ3v) is 4.47. The van der Waals surface area contributed by atoms with Crippen LogP contribution in [-0.4, -0.2) is 60.2 Å². The van der Waals surface area contributed by atoms with Gasteiger partial charge in [0.05, 0.1) is 11.4 Å². The zero-order chi connectivity index (χ0) is 15.5. The van der Waals surface area contributed by atoms with E-state index in [1.807, 2.05) is 18.7 Å². The van der Waals surface area contributed by atoms with Gasteiger partial charge in [-0.25, -0.2) is 4.98 Å². The molecule has 22 heavy (non-hydrogen) atoms. The highest BCUT2D eigenvalue weighted by Gasteiger charge is 2.26. The van der Waals surface area contributed by atoms with Crippen LogP contribution < -0.4 is 4.90 Å². The SMILES string of the molecule is Cc1cnc(C)c(N2CCN(C(=O)CC3CCOC3)CC2)n1. The Morgan fingerprint density at radius 2 is 2.09 bits per heavy atom. The van der Waals surface area contributed by atoms with E-state index in [1.165, 1.54) is 0 Å².